The van der Waals surface area contributed by atoms with Crippen LogP contribution in [0.4, 0.5) is 5.69 Å². The molecule has 8 nitrogen and oxygen atoms in total. The van der Waals surface area contributed by atoms with E-state index in [1.807, 2.05) is 48.2 Å². The fourth-order valence-electron chi connectivity index (χ4n) is 4.17. The van der Waals surface area contributed by atoms with Gasteiger partial charge in [-0.15, -0.1) is 0 Å². The minimum atomic E-state index is -0.311. The number of hydrogen-bond acceptors (Lipinski definition) is 5. The van der Waals surface area contributed by atoms with Crippen LogP contribution in [0.3, 0.4) is 0 Å². The van der Waals surface area contributed by atoms with E-state index >= 15 is 0 Å². The van der Waals surface area contributed by atoms with Gasteiger partial charge in [0.15, 0.2) is 0 Å². The molecule has 2 heterocycles. The van der Waals surface area contributed by atoms with Crippen LogP contribution in [-0.4, -0.2) is 59.0 Å². The second-order valence-corrected chi connectivity index (χ2v) is 8.10. The number of para-hydroxylation sites is 3. The van der Waals surface area contributed by atoms with E-state index in [0.717, 1.165) is 18.8 Å². The second kappa shape index (κ2) is 10.3. The third-order valence-corrected chi connectivity index (χ3v) is 5.93. The summed E-state index contributed by atoms with van der Waals surface area (Å²) in [4.78, 5) is 46.8. The molecule has 2 aromatic carbocycles. The summed E-state index contributed by atoms with van der Waals surface area (Å²) >= 11 is 0. The molecule has 0 atom stereocenters. The number of aromatic nitrogens is 2. The molecule has 1 saturated heterocycles. The number of rotatable bonds is 7. The van der Waals surface area contributed by atoms with E-state index in [4.69, 9.17) is 0 Å². The number of aryl methyl sites for hydroxylation is 1. The molecule has 0 saturated carbocycles. The van der Waals surface area contributed by atoms with Gasteiger partial charge in [0.05, 0.1) is 11.0 Å². The van der Waals surface area contributed by atoms with Crippen molar-refractivity contribution >= 4 is 28.5 Å². The predicted octanol–water partition coefficient (Wildman–Crippen LogP) is 1.81. The maximum Gasteiger partial charge on any atom is 0.273 e. The summed E-state index contributed by atoms with van der Waals surface area (Å²) in [5, 5.41) is 2.74. The molecule has 3 aromatic rings. The number of nitrogens with zero attached hydrogens (tertiary/aromatic N) is 4. The molecule has 0 spiro atoms. The highest BCUT2D eigenvalue weighted by atomic mass is 16.2. The molecule has 172 valence electrons. The number of piperazine rings is 1. The van der Waals surface area contributed by atoms with Gasteiger partial charge in [-0.2, -0.15) is 0 Å². The highest BCUT2D eigenvalue weighted by Crippen LogP contribution is 2.16. The number of amides is 2. The lowest BCUT2D eigenvalue weighted by atomic mass is 10.2. The number of nitrogens with one attached hydrogen (secondary N) is 1. The Morgan fingerprint density at radius 2 is 1.67 bits per heavy atom. The first-order chi connectivity index (χ1) is 16.1. The van der Waals surface area contributed by atoms with Crippen LogP contribution in [-0.2, 0) is 22.6 Å². The summed E-state index contributed by atoms with van der Waals surface area (Å²) in [7, 11) is 0. The van der Waals surface area contributed by atoms with E-state index in [2.05, 4.69) is 27.3 Å². The molecule has 2 amide bonds. The van der Waals surface area contributed by atoms with E-state index in [1.54, 1.807) is 6.07 Å². The number of benzene rings is 2. The number of fused-ring (bicyclic) bond motifs is 1. The molecule has 1 N–H and O–H groups in total. The van der Waals surface area contributed by atoms with E-state index in [1.165, 1.54) is 4.57 Å². The maximum absolute atomic E-state index is 13.2. The van der Waals surface area contributed by atoms with Crippen molar-refractivity contribution < 1.29 is 9.59 Å². The highest BCUT2D eigenvalue weighted by Gasteiger charge is 2.23. The smallest absolute Gasteiger partial charge is 0.273 e. The van der Waals surface area contributed by atoms with Crippen LogP contribution in [0.25, 0.3) is 11.0 Å². The van der Waals surface area contributed by atoms with Crippen molar-refractivity contribution in [2.24, 2.45) is 0 Å². The Balaban J connectivity index is 1.50. The zero-order valence-corrected chi connectivity index (χ0v) is 18.9. The van der Waals surface area contributed by atoms with Crippen molar-refractivity contribution in [2.75, 3.05) is 37.6 Å². The quantitative estimate of drug-likeness (QED) is 0.597. The Hall–Kier alpha value is -3.68. The normalized spacial score (nSPS) is 13.8. The SMILES string of the molecule is CCNC(=O)CCc1nc2ccccc2n(CC(=O)N2CCN(c3ccccc3)CC2)c1=O. The molecule has 8 heteroatoms. The van der Waals surface area contributed by atoms with E-state index < -0.39 is 0 Å². The van der Waals surface area contributed by atoms with Gasteiger partial charge in [0.1, 0.15) is 12.2 Å². The van der Waals surface area contributed by atoms with Crippen molar-refractivity contribution in [2.45, 2.75) is 26.3 Å². The van der Waals surface area contributed by atoms with Crippen molar-refractivity contribution in [3.63, 3.8) is 0 Å². The van der Waals surface area contributed by atoms with E-state index in [-0.39, 0.29) is 36.8 Å². The number of hydrogen-bond donors (Lipinski definition) is 1. The Morgan fingerprint density at radius 3 is 2.39 bits per heavy atom. The molecule has 0 radical (unpaired) electrons. The predicted molar refractivity (Wildman–Crippen MR) is 128 cm³/mol. The molecule has 33 heavy (non-hydrogen) atoms. The third kappa shape index (κ3) is 5.22. The molecule has 1 fully saturated rings. The molecule has 1 aliphatic rings. The molecular formula is C25H29N5O3. The minimum Gasteiger partial charge on any atom is -0.368 e. The van der Waals surface area contributed by atoms with Crippen molar-refractivity contribution in [1.29, 1.82) is 0 Å². The summed E-state index contributed by atoms with van der Waals surface area (Å²) in [5.74, 6) is -0.207. The Morgan fingerprint density at radius 1 is 0.970 bits per heavy atom. The average molecular weight is 448 g/mol. The molecule has 0 unspecified atom stereocenters. The Labute approximate surface area is 192 Å². The van der Waals surface area contributed by atoms with Crippen molar-refractivity contribution in [1.82, 2.24) is 19.8 Å². The first-order valence-corrected chi connectivity index (χ1v) is 11.4. The van der Waals surface area contributed by atoms with Gasteiger partial charge in [-0.25, -0.2) is 4.98 Å². The third-order valence-electron chi connectivity index (χ3n) is 5.93. The van der Waals surface area contributed by atoms with Gasteiger partial charge in [-0.3, -0.25) is 19.0 Å². The maximum atomic E-state index is 13.2. The summed E-state index contributed by atoms with van der Waals surface area (Å²) in [6.45, 7) is 5.07. The number of carbonyl (C=O) groups excluding carboxylic acids is 2. The molecule has 4 rings (SSSR count). The summed E-state index contributed by atoms with van der Waals surface area (Å²) in [6, 6.07) is 17.5. The zero-order valence-electron chi connectivity index (χ0n) is 18.9. The average Bonchev–Trinajstić information content (AvgIpc) is 2.85. The van der Waals surface area contributed by atoms with Crippen LogP contribution in [0, 0.1) is 0 Å². The lowest BCUT2D eigenvalue weighted by Gasteiger charge is -2.36. The largest absolute Gasteiger partial charge is 0.368 e. The van der Waals surface area contributed by atoms with Crippen LogP contribution in [0.15, 0.2) is 59.4 Å². The molecular weight excluding hydrogens is 418 g/mol. The van der Waals surface area contributed by atoms with Crippen molar-refractivity contribution in [3.05, 3.63) is 70.6 Å². The first-order valence-electron chi connectivity index (χ1n) is 11.4. The van der Waals surface area contributed by atoms with Crippen LogP contribution in [0.2, 0.25) is 0 Å². The topological polar surface area (TPSA) is 87.5 Å². The lowest BCUT2D eigenvalue weighted by molar-refractivity contribution is -0.132. The first kappa shape index (κ1) is 22.5. The fourth-order valence-corrected chi connectivity index (χ4v) is 4.17. The van der Waals surface area contributed by atoms with Gasteiger partial charge in [0.25, 0.3) is 5.56 Å². The standard InChI is InChI=1S/C25H29N5O3/c1-2-26-23(31)13-12-21-25(33)30(22-11-7-6-10-20(22)27-21)18-24(32)29-16-14-28(15-17-29)19-8-4-3-5-9-19/h3-11H,2,12-18H2,1H3,(H,26,31). The molecule has 0 aliphatic carbocycles. The number of anilines is 1. The van der Waals surface area contributed by atoms with Gasteiger partial charge in [0, 0.05) is 51.3 Å². The minimum absolute atomic E-state index is 0.0403. The number of carbonyl (C=O) groups is 2. The van der Waals surface area contributed by atoms with E-state index in [0.29, 0.717) is 36.4 Å². The Bertz CT molecular complexity index is 1180. The van der Waals surface area contributed by atoms with Crippen LogP contribution < -0.4 is 15.8 Å². The summed E-state index contributed by atoms with van der Waals surface area (Å²) in [5.41, 5.74) is 2.42. The van der Waals surface area contributed by atoms with E-state index in [9.17, 15) is 14.4 Å². The summed E-state index contributed by atoms with van der Waals surface area (Å²) < 4.78 is 1.50. The van der Waals surface area contributed by atoms with Crippen LogP contribution in [0.5, 0.6) is 0 Å². The molecule has 1 aromatic heterocycles. The monoisotopic (exact) mass is 447 g/mol. The van der Waals surface area contributed by atoms with Crippen molar-refractivity contribution in [3.8, 4) is 0 Å². The van der Waals surface area contributed by atoms with Gasteiger partial charge in [-0.05, 0) is 31.2 Å². The Kier molecular flexibility index (Phi) is 7.02. The second-order valence-electron chi connectivity index (χ2n) is 8.10. The lowest BCUT2D eigenvalue weighted by Crippen LogP contribution is -2.50. The van der Waals surface area contributed by atoms with Crippen LogP contribution in [0.1, 0.15) is 19.0 Å². The van der Waals surface area contributed by atoms with Gasteiger partial charge >= 0.3 is 0 Å². The fraction of sp³-hybridized carbons (Fsp3) is 0.360. The van der Waals surface area contributed by atoms with Crippen LogP contribution >= 0.6 is 0 Å². The molecule has 1 aliphatic heterocycles. The molecule has 0 bridgehead atoms. The summed E-state index contributed by atoms with van der Waals surface area (Å²) in [6.07, 6.45) is 0.420. The van der Waals surface area contributed by atoms with Gasteiger partial charge in [0.2, 0.25) is 11.8 Å². The highest BCUT2D eigenvalue weighted by molar-refractivity contribution is 5.81. The van der Waals surface area contributed by atoms with Gasteiger partial charge < -0.3 is 15.1 Å². The zero-order chi connectivity index (χ0) is 23.2. The van der Waals surface area contributed by atoms with Gasteiger partial charge in [-0.1, -0.05) is 30.3 Å².